The molecule has 6 nitrogen and oxygen atoms in total. The summed E-state index contributed by atoms with van der Waals surface area (Å²) < 4.78 is 0. The Labute approximate surface area is 139 Å². The second-order valence-corrected chi connectivity index (χ2v) is 7.92. The van der Waals surface area contributed by atoms with Crippen molar-refractivity contribution >= 4 is 23.2 Å². The van der Waals surface area contributed by atoms with E-state index < -0.39 is 11.6 Å². The largest absolute Gasteiger partial charge is 0.388 e. The Hall–Kier alpha value is -1.47. The van der Waals surface area contributed by atoms with Crippen LogP contribution in [0.1, 0.15) is 66.7 Å². The van der Waals surface area contributed by atoms with Gasteiger partial charge in [-0.15, -0.1) is 11.3 Å². The Balaban J connectivity index is 1.68. The lowest BCUT2D eigenvalue weighted by atomic mass is 10.0. The van der Waals surface area contributed by atoms with Crippen LogP contribution >= 0.6 is 11.3 Å². The lowest BCUT2D eigenvalue weighted by Gasteiger charge is -2.26. The summed E-state index contributed by atoms with van der Waals surface area (Å²) in [6, 6.07) is 0.288. The van der Waals surface area contributed by atoms with Crippen LogP contribution in [-0.2, 0) is 0 Å². The van der Waals surface area contributed by atoms with E-state index in [1.165, 1.54) is 11.3 Å². The highest BCUT2D eigenvalue weighted by Crippen LogP contribution is 2.38. The number of rotatable bonds is 4. The standard InChI is InChI=1S/C16H23N3O3S/c1-9(16(2,3)22)17-13(20)14-18-12(8-23-14)15(21)19-10-4-5-11(19)7-6-10/h8-11,22H,4-7H2,1-3H3,(H,17,20)/t9-,10-,11+/m0/s1. The number of amides is 2. The zero-order chi connectivity index (χ0) is 16.8. The first-order valence-electron chi connectivity index (χ1n) is 8.09. The normalized spacial score (nSPS) is 24.8. The molecule has 2 N–H and O–H groups in total. The molecule has 0 unspecified atom stereocenters. The third-order valence-corrected chi connectivity index (χ3v) is 5.85. The Kier molecular flexibility index (Phi) is 4.18. The van der Waals surface area contributed by atoms with E-state index >= 15 is 0 Å². The number of carbonyl (C=O) groups excluding carboxylic acids is 2. The van der Waals surface area contributed by atoms with E-state index in [0.717, 1.165) is 25.7 Å². The molecule has 2 saturated heterocycles. The fraction of sp³-hybridized carbons (Fsp3) is 0.688. The van der Waals surface area contributed by atoms with Crippen LogP contribution in [0.25, 0.3) is 0 Å². The summed E-state index contributed by atoms with van der Waals surface area (Å²) in [5, 5.41) is 14.5. The number of thiazole rings is 1. The average Bonchev–Trinajstić information content (AvgIpc) is 3.21. The van der Waals surface area contributed by atoms with Gasteiger partial charge in [0.2, 0.25) is 0 Å². The number of carbonyl (C=O) groups is 2. The van der Waals surface area contributed by atoms with Crippen molar-refractivity contribution in [3.8, 4) is 0 Å². The van der Waals surface area contributed by atoms with E-state index in [2.05, 4.69) is 10.3 Å². The maximum absolute atomic E-state index is 12.6. The minimum absolute atomic E-state index is 0.0548. The van der Waals surface area contributed by atoms with Crippen molar-refractivity contribution in [1.82, 2.24) is 15.2 Å². The lowest BCUT2D eigenvalue weighted by Crippen LogP contribution is -2.47. The van der Waals surface area contributed by atoms with Crippen molar-refractivity contribution < 1.29 is 14.7 Å². The van der Waals surface area contributed by atoms with Gasteiger partial charge >= 0.3 is 0 Å². The third kappa shape index (κ3) is 3.12. The Morgan fingerprint density at radius 1 is 1.35 bits per heavy atom. The van der Waals surface area contributed by atoms with Gasteiger partial charge in [-0.1, -0.05) is 0 Å². The summed E-state index contributed by atoms with van der Waals surface area (Å²) in [4.78, 5) is 31.0. The maximum atomic E-state index is 12.6. The average molecular weight is 337 g/mol. The Bertz CT molecular complexity index is 602. The highest BCUT2D eigenvalue weighted by atomic mass is 32.1. The number of aromatic nitrogens is 1. The fourth-order valence-corrected chi connectivity index (χ4v) is 3.98. The van der Waals surface area contributed by atoms with Gasteiger partial charge in [0.15, 0.2) is 5.01 Å². The molecule has 1 aromatic rings. The second kappa shape index (κ2) is 5.87. The zero-order valence-corrected chi connectivity index (χ0v) is 14.5. The third-order valence-electron chi connectivity index (χ3n) is 5.01. The van der Waals surface area contributed by atoms with Crippen molar-refractivity contribution in [3.63, 3.8) is 0 Å². The molecule has 2 aliphatic rings. The van der Waals surface area contributed by atoms with E-state index in [1.807, 2.05) is 4.90 Å². The summed E-state index contributed by atoms with van der Waals surface area (Å²) in [6.45, 7) is 5.01. The van der Waals surface area contributed by atoms with Gasteiger partial charge in [-0.25, -0.2) is 4.98 Å². The quantitative estimate of drug-likeness (QED) is 0.878. The molecule has 2 fully saturated rings. The van der Waals surface area contributed by atoms with Gasteiger partial charge in [-0.2, -0.15) is 0 Å². The minimum Gasteiger partial charge on any atom is -0.388 e. The first kappa shape index (κ1) is 16.4. The lowest BCUT2D eigenvalue weighted by molar-refractivity contribution is 0.0408. The molecular weight excluding hydrogens is 314 g/mol. The first-order chi connectivity index (χ1) is 10.8. The second-order valence-electron chi connectivity index (χ2n) is 7.06. The number of fused-ring (bicyclic) bond motifs is 2. The van der Waals surface area contributed by atoms with Crippen LogP contribution in [0.2, 0.25) is 0 Å². The molecule has 2 aliphatic heterocycles. The van der Waals surface area contributed by atoms with Crippen molar-refractivity contribution in [2.75, 3.05) is 0 Å². The number of hydrogen-bond acceptors (Lipinski definition) is 5. The Morgan fingerprint density at radius 3 is 2.43 bits per heavy atom. The molecule has 1 atom stereocenters. The smallest absolute Gasteiger partial charge is 0.280 e. The van der Waals surface area contributed by atoms with Crippen LogP contribution < -0.4 is 5.32 Å². The van der Waals surface area contributed by atoms with Gasteiger partial charge < -0.3 is 15.3 Å². The minimum atomic E-state index is -1.01. The molecule has 2 bridgehead atoms. The summed E-state index contributed by atoms with van der Waals surface area (Å²) in [7, 11) is 0. The zero-order valence-electron chi connectivity index (χ0n) is 13.7. The number of nitrogens with zero attached hydrogens (tertiary/aromatic N) is 2. The van der Waals surface area contributed by atoms with Crippen LogP contribution in [0.4, 0.5) is 0 Å². The fourth-order valence-electron chi connectivity index (χ4n) is 3.29. The van der Waals surface area contributed by atoms with Gasteiger partial charge in [0.25, 0.3) is 11.8 Å². The van der Waals surface area contributed by atoms with Crippen LogP contribution in [-0.4, -0.2) is 50.5 Å². The van der Waals surface area contributed by atoms with Crippen molar-refractivity contribution in [1.29, 1.82) is 0 Å². The predicted octanol–water partition coefficient (Wildman–Crippen LogP) is 1.80. The van der Waals surface area contributed by atoms with Gasteiger partial charge in [-0.05, 0) is 46.5 Å². The summed E-state index contributed by atoms with van der Waals surface area (Å²) in [5.41, 5.74) is -0.657. The molecule has 126 valence electrons. The molecule has 23 heavy (non-hydrogen) atoms. The molecule has 0 aromatic carbocycles. The Morgan fingerprint density at radius 2 is 1.91 bits per heavy atom. The number of hydrogen-bond donors (Lipinski definition) is 2. The highest BCUT2D eigenvalue weighted by molar-refractivity contribution is 7.11. The maximum Gasteiger partial charge on any atom is 0.280 e. The van der Waals surface area contributed by atoms with Gasteiger partial charge in [0, 0.05) is 17.5 Å². The van der Waals surface area contributed by atoms with Crippen molar-refractivity contribution in [3.05, 3.63) is 16.1 Å². The van der Waals surface area contributed by atoms with E-state index in [1.54, 1.807) is 26.2 Å². The van der Waals surface area contributed by atoms with Crippen molar-refractivity contribution in [2.45, 2.75) is 70.2 Å². The number of aliphatic hydroxyl groups is 1. The summed E-state index contributed by atoms with van der Waals surface area (Å²) in [6.07, 6.45) is 4.32. The molecule has 1 aromatic heterocycles. The molecule has 3 rings (SSSR count). The van der Waals surface area contributed by atoms with Crippen LogP contribution in [0.5, 0.6) is 0 Å². The van der Waals surface area contributed by atoms with E-state index in [-0.39, 0.29) is 16.8 Å². The van der Waals surface area contributed by atoms with Gasteiger partial charge in [-0.3, -0.25) is 9.59 Å². The first-order valence-corrected chi connectivity index (χ1v) is 8.96. The number of nitrogens with one attached hydrogen (secondary N) is 1. The molecule has 2 amide bonds. The molecule has 7 heteroatoms. The predicted molar refractivity (Wildman–Crippen MR) is 87.6 cm³/mol. The molecule has 0 aliphatic carbocycles. The summed E-state index contributed by atoms with van der Waals surface area (Å²) >= 11 is 1.17. The molecule has 0 radical (unpaired) electrons. The van der Waals surface area contributed by atoms with Gasteiger partial charge in [0.05, 0.1) is 11.6 Å². The van der Waals surface area contributed by atoms with Crippen LogP contribution in [0.3, 0.4) is 0 Å². The molecule has 0 saturated carbocycles. The monoisotopic (exact) mass is 337 g/mol. The van der Waals surface area contributed by atoms with E-state index in [4.69, 9.17) is 0 Å². The van der Waals surface area contributed by atoms with Crippen LogP contribution in [0, 0.1) is 0 Å². The topological polar surface area (TPSA) is 82.5 Å². The van der Waals surface area contributed by atoms with E-state index in [0.29, 0.717) is 17.8 Å². The molecule has 0 spiro atoms. The van der Waals surface area contributed by atoms with Crippen LogP contribution in [0.15, 0.2) is 5.38 Å². The van der Waals surface area contributed by atoms with Gasteiger partial charge in [0.1, 0.15) is 5.69 Å². The molecular formula is C16H23N3O3S. The highest BCUT2D eigenvalue weighted by Gasteiger charge is 2.43. The van der Waals surface area contributed by atoms with Crippen molar-refractivity contribution in [2.24, 2.45) is 0 Å². The molecule has 3 heterocycles. The SMILES string of the molecule is C[C@H](NC(=O)c1nc(C(=O)N2[C@H]3CC[C@@H]2CC3)cs1)C(C)(C)O. The van der Waals surface area contributed by atoms with E-state index in [9.17, 15) is 14.7 Å². The summed E-state index contributed by atoms with van der Waals surface area (Å²) in [5.74, 6) is -0.408.